The van der Waals surface area contributed by atoms with Crippen LogP contribution in [0.4, 0.5) is 5.69 Å². The van der Waals surface area contributed by atoms with Crippen LogP contribution in [0, 0.1) is 13.8 Å². The number of aromatic nitrogens is 3. The maximum Gasteiger partial charge on any atom is 0.310 e. The molecular formula is C20H19ClN4O3. The lowest BCUT2D eigenvalue weighted by Gasteiger charge is -2.12. The van der Waals surface area contributed by atoms with Crippen LogP contribution in [0.15, 0.2) is 49.1 Å². The zero-order valence-electron chi connectivity index (χ0n) is 15.5. The Labute approximate surface area is 167 Å². The fourth-order valence-corrected chi connectivity index (χ4v) is 2.78. The van der Waals surface area contributed by atoms with E-state index in [4.69, 9.17) is 16.3 Å². The van der Waals surface area contributed by atoms with Crippen molar-refractivity contribution >= 4 is 29.2 Å². The molecule has 1 N–H and O–H groups in total. The molecule has 0 atom stereocenters. The number of benzene rings is 2. The van der Waals surface area contributed by atoms with Crippen LogP contribution in [0.25, 0.3) is 5.69 Å². The first kappa shape index (κ1) is 19.6. The van der Waals surface area contributed by atoms with Gasteiger partial charge in [-0.05, 0) is 48.7 Å². The zero-order valence-corrected chi connectivity index (χ0v) is 16.2. The molecule has 8 heteroatoms. The van der Waals surface area contributed by atoms with Crippen molar-refractivity contribution in [2.45, 2.75) is 20.3 Å². The van der Waals surface area contributed by atoms with E-state index in [1.807, 2.05) is 32.0 Å². The first-order valence-electron chi connectivity index (χ1n) is 8.58. The SMILES string of the molecule is Cc1ccc(CC(=O)OCC(=O)Nc2cc(Cl)ccc2-n2cncn2)cc1C. The molecular weight excluding hydrogens is 380 g/mol. The Kier molecular flexibility index (Phi) is 6.06. The van der Waals surface area contributed by atoms with E-state index in [1.54, 1.807) is 18.2 Å². The lowest BCUT2D eigenvalue weighted by atomic mass is 10.0. The molecule has 0 spiro atoms. The fraction of sp³-hybridized carbons (Fsp3) is 0.200. The molecule has 0 bridgehead atoms. The van der Waals surface area contributed by atoms with Crippen molar-refractivity contribution in [3.05, 3.63) is 70.8 Å². The summed E-state index contributed by atoms with van der Waals surface area (Å²) >= 11 is 6.02. The monoisotopic (exact) mass is 398 g/mol. The van der Waals surface area contributed by atoms with Gasteiger partial charge in [0.2, 0.25) is 0 Å². The van der Waals surface area contributed by atoms with E-state index in [9.17, 15) is 9.59 Å². The fourth-order valence-electron chi connectivity index (χ4n) is 2.60. The van der Waals surface area contributed by atoms with Gasteiger partial charge in [0.05, 0.1) is 17.8 Å². The molecule has 1 amide bonds. The standard InChI is InChI=1S/C20H19ClN4O3/c1-13-3-4-15(7-14(13)2)8-20(27)28-10-19(26)24-17-9-16(21)5-6-18(17)25-12-22-11-23-25/h3-7,9,11-12H,8,10H2,1-2H3,(H,24,26). The second-order valence-corrected chi connectivity index (χ2v) is 6.74. The molecule has 0 radical (unpaired) electrons. The highest BCUT2D eigenvalue weighted by atomic mass is 35.5. The molecule has 0 unspecified atom stereocenters. The van der Waals surface area contributed by atoms with Gasteiger partial charge >= 0.3 is 5.97 Å². The molecule has 1 heterocycles. The first-order chi connectivity index (χ1) is 13.4. The van der Waals surface area contributed by atoms with Gasteiger partial charge in [-0.25, -0.2) is 9.67 Å². The number of ether oxygens (including phenoxy) is 1. The number of amides is 1. The molecule has 0 fully saturated rings. The van der Waals surface area contributed by atoms with E-state index in [0.29, 0.717) is 16.4 Å². The predicted octanol–water partition coefficient (Wildman–Crippen LogP) is 3.26. The van der Waals surface area contributed by atoms with Crippen LogP contribution in [-0.4, -0.2) is 33.2 Å². The summed E-state index contributed by atoms with van der Waals surface area (Å²) in [7, 11) is 0. The number of nitrogens with one attached hydrogen (secondary N) is 1. The summed E-state index contributed by atoms with van der Waals surface area (Å²) in [6.45, 7) is 3.59. The Bertz CT molecular complexity index is 1000. The topological polar surface area (TPSA) is 86.1 Å². The highest BCUT2D eigenvalue weighted by Crippen LogP contribution is 2.23. The quantitative estimate of drug-likeness (QED) is 0.644. The number of halogens is 1. The van der Waals surface area contributed by atoms with Gasteiger partial charge in [0.15, 0.2) is 6.61 Å². The molecule has 144 valence electrons. The second-order valence-electron chi connectivity index (χ2n) is 6.31. The number of nitrogens with zero attached hydrogens (tertiary/aromatic N) is 3. The predicted molar refractivity (Wildman–Crippen MR) is 106 cm³/mol. The van der Waals surface area contributed by atoms with E-state index in [0.717, 1.165) is 16.7 Å². The summed E-state index contributed by atoms with van der Waals surface area (Å²) in [5.41, 5.74) is 4.13. The third-order valence-electron chi connectivity index (χ3n) is 4.18. The summed E-state index contributed by atoms with van der Waals surface area (Å²) < 4.78 is 6.59. The maximum absolute atomic E-state index is 12.2. The van der Waals surface area contributed by atoms with Gasteiger partial charge in [0.1, 0.15) is 12.7 Å². The molecule has 3 aromatic rings. The van der Waals surface area contributed by atoms with Gasteiger partial charge in [-0.1, -0.05) is 29.8 Å². The van der Waals surface area contributed by atoms with Crippen LogP contribution >= 0.6 is 11.6 Å². The van der Waals surface area contributed by atoms with E-state index in [2.05, 4.69) is 15.4 Å². The summed E-state index contributed by atoms with van der Waals surface area (Å²) in [6, 6.07) is 10.7. The molecule has 0 aliphatic heterocycles. The van der Waals surface area contributed by atoms with Crippen molar-refractivity contribution in [3.8, 4) is 5.69 Å². The smallest absolute Gasteiger partial charge is 0.310 e. The van der Waals surface area contributed by atoms with Gasteiger partial charge in [0.25, 0.3) is 5.91 Å². The van der Waals surface area contributed by atoms with E-state index >= 15 is 0 Å². The Morgan fingerprint density at radius 2 is 1.96 bits per heavy atom. The number of carbonyl (C=O) groups is 2. The number of carbonyl (C=O) groups excluding carboxylic acids is 2. The van der Waals surface area contributed by atoms with E-state index < -0.39 is 18.5 Å². The molecule has 1 aromatic heterocycles. The van der Waals surface area contributed by atoms with Crippen molar-refractivity contribution in [2.75, 3.05) is 11.9 Å². The second kappa shape index (κ2) is 8.67. The van der Waals surface area contributed by atoms with Gasteiger partial charge in [-0.3, -0.25) is 9.59 Å². The normalized spacial score (nSPS) is 10.5. The van der Waals surface area contributed by atoms with Gasteiger partial charge in [-0.15, -0.1) is 0 Å². The Morgan fingerprint density at radius 3 is 2.68 bits per heavy atom. The lowest BCUT2D eigenvalue weighted by molar-refractivity contribution is -0.146. The molecule has 3 rings (SSSR count). The molecule has 0 aliphatic rings. The molecule has 0 saturated carbocycles. The molecule has 7 nitrogen and oxygen atoms in total. The van der Waals surface area contributed by atoms with Gasteiger partial charge in [-0.2, -0.15) is 5.10 Å². The van der Waals surface area contributed by atoms with Gasteiger partial charge in [0, 0.05) is 5.02 Å². The molecule has 0 aliphatic carbocycles. The number of hydrogen-bond donors (Lipinski definition) is 1. The summed E-state index contributed by atoms with van der Waals surface area (Å²) in [4.78, 5) is 28.1. The van der Waals surface area contributed by atoms with Crippen LogP contribution in [-0.2, 0) is 20.7 Å². The number of esters is 1. The minimum atomic E-state index is -0.475. The Morgan fingerprint density at radius 1 is 1.14 bits per heavy atom. The minimum absolute atomic E-state index is 0.107. The van der Waals surface area contributed by atoms with Crippen molar-refractivity contribution in [3.63, 3.8) is 0 Å². The number of rotatable bonds is 6. The average Bonchev–Trinajstić information content (AvgIpc) is 3.18. The van der Waals surface area contributed by atoms with Crippen LogP contribution in [0.3, 0.4) is 0 Å². The van der Waals surface area contributed by atoms with Crippen molar-refractivity contribution < 1.29 is 14.3 Å². The van der Waals surface area contributed by atoms with Crippen LogP contribution < -0.4 is 5.32 Å². The average molecular weight is 399 g/mol. The highest BCUT2D eigenvalue weighted by molar-refractivity contribution is 6.31. The third kappa shape index (κ3) is 4.95. The first-order valence-corrected chi connectivity index (χ1v) is 8.96. The number of anilines is 1. The van der Waals surface area contributed by atoms with E-state index in [1.165, 1.54) is 17.3 Å². The van der Waals surface area contributed by atoms with Crippen LogP contribution in [0.1, 0.15) is 16.7 Å². The van der Waals surface area contributed by atoms with Crippen molar-refractivity contribution in [2.24, 2.45) is 0 Å². The van der Waals surface area contributed by atoms with E-state index in [-0.39, 0.29) is 6.42 Å². The zero-order chi connectivity index (χ0) is 20.1. The summed E-state index contributed by atoms with van der Waals surface area (Å²) in [6.07, 6.45) is 2.99. The molecule has 0 saturated heterocycles. The lowest BCUT2D eigenvalue weighted by Crippen LogP contribution is -2.22. The van der Waals surface area contributed by atoms with Gasteiger partial charge < -0.3 is 10.1 Å². The highest BCUT2D eigenvalue weighted by Gasteiger charge is 2.13. The Balaban J connectivity index is 1.59. The summed E-state index contributed by atoms with van der Waals surface area (Å²) in [5.74, 6) is -0.946. The summed E-state index contributed by atoms with van der Waals surface area (Å²) in [5, 5.41) is 7.18. The largest absolute Gasteiger partial charge is 0.455 e. The van der Waals surface area contributed by atoms with Crippen LogP contribution in [0.5, 0.6) is 0 Å². The molecule has 2 aromatic carbocycles. The minimum Gasteiger partial charge on any atom is -0.455 e. The van der Waals surface area contributed by atoms with Crippen molar-refractivity contribution in [1.29, 1.82) is 0 Å². The van der Waals surface area contributed by atoms with Crippen LogP contribution in [0.2, 0.25) is 5.02 Å². The van der Waals surface area contributed by atoms with Crippen molar-refractivity contribution in [1.82, 2.24) is 14.8 Å². The number of aryl methyl sites for hydroxylation is 2. The molecule has 28 heavy (non-hydrogen) atoms. The number of hydrogen-bond acceptors (Lipinski definition) is 5. The third-order valence-corrected chi connectivity index (χ3v) is 4.42. The Hall–Kier alpha value is -3.19. The maximum atomic E-state index is 12.2.